The molecule has 2 amide bonds. The topological polar surface area (TPSA) is 67.2 Å². The first-order valence-electron chi connectivity index (χ1n) is 11.4. The molecule has 1 N–H and O–H groups in total. The number of amides is 2. The molecule has 1 aliphatic heterocycles. The maximum absolute atomic E-state index is 13.7. The third kappa shape index (κ3) is 3.81. The lowest BCUT2D eigenvalue weighted by molar-refractivity contribution is -0.139. The van der Waals surface area contributed by atoms with E-state index in [1.54, 1.807) is 0 Å². The summed E-state index contributed by atoms with van der Waals surface area (Å²) in [5.74, 6) is 0.0221. The van der Waals surface area contributed by atoms with E-state index < -0.39 is 5.41 Å². The van der Waals surface area contributed by atoms with Crippen molar-refractivity contribution in [3.63, 3.8) is 0 Å². The zero-order valence-corrected chi connectivity index (χ0v) is 18.2. The summed E-state index contributed by atoms with van der Waals surface area (Å²) < 4.78 is 1.87. The van der Waals surface area contributed by atoms with E-state index in [0.29, 0.717) is 31.9 Å². The van der Waals surface area contributed by atoms with E-state index in [2.05, 4.69) is 22.5 Å². The molecular formula is C26H28N4O2. The minimum Gasteiger partial charge on any atom is -0.347 e. The standard InChI is InChI=1S/C26H28N4O2/c31-24(27-18-20-9-3-1-4-10-20)23-17-22-19-29(15-16-30(22)28-23)25(32)26(13-7-8-14-26)21-11-5-2-6-12-21/h1-6,9-12,17H,7-8,13-16,18-19H2,(H,27,31). The van der Waals surface area contributed by atoms with Crippen molar-refractivity contribution in [1.82, 2.24) is 20.0 Å². The summed E-state index contributed by atoms with van der Waals surface area (Å²) in [5.41, 5.74) is 3.07. The Kier molecular flexibility index (Phi) is 5.52. The second-order valence-corrected chi connectivity index (χ2v) is 8.79. The van der Waals surface area contributed by atoms with Crippen molar-refractivity contribution in [2.45, 2.75) is 50.7 Å². The monoisotopic (exact) mass is 428 g/mol. The van der Waals surface area contributed by atoms with Crippen molar-refractivity contribution in [2.24, 2.45) is 0 Å². The highest BCUT2D eigenvalue weighted by Gasteiger charge is 2.45. The van der Waals surface area contributed by atoms with E-state index >= 15 is 0 Å². The highest BCUT2D eigenvalue weighted by atomic mass is 16.2. The third-order valence-electron chi connectivity index (χ3n) is 6.81. The minimum atomic E-state index is -0.417. The summed E-state index contributed by atoms with van der Waals surface area (Å²) in [6.45, 7) is 2.18. The normalized spacial score (nSPS) is 17.1. The van der Waals surface area contributed by atoms with Gasteiger partial charge in [-0.05, 0) is 30.0 Å². The zero-order valence-electron chi connectivity index (χ0n) is 18.2. The van der Waals surface area contributed by atoms with Crippen LogP contribution in [0, 0.1) is 0 Å². The van der Waals surface area contributed by atoms with Crippen LogP contribution in [0.4, 0.5) is 0 Å². The fourth-order valence-electron chi connectivity index (χ4n) is 5.08. The Hall–Kier alpha value is -3.41. The first-order valence-corrected chi connectivity index (χ1v) is 11.4. The molecule has 32 heavy (non-hydrogen) atoms. The van der Waals surface area contributed by atoms with Crippen molar-refractivity contribution in [2.75, 3.05) is 6.54 Å². The van der Waals surface area contributed by atoms with Gasteiger partial charge in [0, 0.05) is 13.1 Å². The van der Waals surface area contributed by atoms with Crippen molar-refractivity contribution in [3.8, 4) is 0 Å². The summed E-state index contributed by atoms with van der Waals surface area (Å²) in [7, 11) is 0. The van der Waals surface area contributed by atoms with Crippen LogP contribution in [0.3, 0.4) is 0 Å². The number of rotatable bonds is 5. The highest BCUT2D eigenvalue weighted by Crippen LogP contribution is 2.43. The van der Waals surface area contributed by atoms with Crippen LogP contribution in [0.15, 0.2) is 66.7 Å². The van der Waals surface area contributed by atoms with Gasteiger partial charge in [0.05, 0.1) is 24.2 Å². The van der Waals surface area contributed by atoms with Crippen molar-refractivity contribution < 1.29 is 9.59 Å². The van der Waals surface area contributed by atoms with Gasteiger partial charge in [-0.2, -0.15) is 5.10 Å². The number of hydrogen-bond donors (Lipinski definition) is 1. The van der Waals surface area contributed by atoms with Crippen LogP contribution in [0.5, 0.6) is 0 Å². The molecular weight excluding hydrogens is 400 g/mol. The summed E-state index contributed by atoms with van der Waals surface area (Å²) >= 11 is 0. The highest BCUT2D eigenvalue weighted by molar-refractivity contribution is 5.92. The number of carbonyl (C=O) groups is 2. The lowest BCUT2D eigenvalue weighted by Gasteiger charge is -2.37. The zero-order chi connectivity index (χ0) is 22.0. The van der Waals surface area contributed by atoms with Gasteiger partial charge in [0.1, 0.15) is 0 Å². The number of nitrogens with one attached hydrogen (secondary N) is 1. The average Bonchev–Trinajstić information content (AvgIpc) is 3.51. The average molecular weight is 429 g/mol. The van der Waals surface area contributed by atoms with Crippen LogP contribution < -0.4 is 5.32 Å². The Morgan fingerprint density at radius 2 is 1.62 bits per heavy atom. The maximum Gasteiger partial charge on any atom is 0.272 e. The second-order valence-electron chi connectivity index (χ2n) is 8.79. The van der Waals surface area contributed by atoms with Crippen LogP contribution in [0.1, 0.15) is 53.0 Å². The molecule has 6 nitrogen and oxygen atoms in total. The van der Waals surface area contributed by atoms with E-state index in [1.165, 1.54) is 0 Å². The smallest absolute Gasteiger partial charge is 0.272 e. The number of nitrogens with zero attached hydrogens (tertiary/aromatic N) is 3. The van der Waals surface area contributed by atoms with Gasteiger partial charge < -0.3 is 10.2 Å². The number of hydrogen-bond acceptors (Lipinski definition) is 3. The Morgan fingerprint density at radius 1 is 0.938 bits per heavy atom. The Bertz CT molecular complexity index is 1100. The molecule has 1 aliphatic carbocycles. The fourth-order valence-corrected chi connectivity index (χ4v) is 5.08. The van der Waals surface area contributed by atoms with E-state index in [-0.39, 0.29) is 11.8 Å². The largest absolute Gasteiger partial charge is 0.347 e. The molecule has 164 valence electrons. The van der Waals surface area contributed by atoms with Gasteiger partial charge in [0.15, 0.2) is 5.69 Å². The Morgan fingerprint density at radius 3 is 2.34 bits per heavy atom. The summed E-state index contributed by atoms with van der Waals surface area (Å²) in [6, 6.07) is 21.9. The first-order chi connectivity index (χ1) is 15.7. The quantitative estimate of drug-likeness (QED) is 0.674. The van der Waals surface area contributed by atoms with E-state index in [1.807, 2.05) is 64.2 Å². The number of carbonyl (C=O) groups excluding carboxylic acids is 2. The predicted molar refractivity (Wildman–Crippen MR) is 122 cm³/mol. The van der Waals surface area contributed by atoms with E-state index in [9.17, 15) is 9.59 Å². The van der Waals surface area contributed by atoms with Gasteiger partial charge >= 0.3 is 0 Å². The van der Waals surface area contributed by atoms with Gasteiger partial charge in [0.2, 0.25) is 5.91 Å². The molecule has 0 unspecified atom stereocenters. The van der Waals surface area contributed by atoms with E-state index in [4.69, 9.17) is 0 Å². The lowest BCUT2D eigenvalue weighted by Crippen LogP contribution is -2.48. The molecule has 2 heterocycles. The van der Waals surface area contributed by atoms with Crippen LogP contribution >= 0.6 is 0 Å². The molecule has 1 saturated carbocycles. The molecule has 0 spiro atoms. The van der Waals surface area contributed by atoms with Crippen molar-refractivity contribution in [1.29, 1.82) is 0 Å². The SMILES string of the molecule is O=C(NCc1ccccc1)c1cc2n(n1)CCN(C(=O)C1(c3ccccc3)CCCC1)C2. The maximum atomic E-state index is 13.7. The minimum absolute atomic E-state index is 0.190. The molecule has 1 aromatic heterocycles. The fraction of sp³-hybridized carbons (Fsp3) is 0.346. The number of fused-ring (bicyclic) bond motifs is 1. The molecule has 0 saturated heterocycles. The molecule has 3 aromatic rings. The summed E-state index contributed by atoms with van der Waals surface area (Å²) in [6.07, 6.45) is 3.97. The lowest BCUT2D eigenvalue weighted by atomic mass is 9.77. The molecule has 2 aliphatic rings. The van der Waals surface area contributed by atoms with Crippen LogP contribution in [-0.2, 0) is 29.8 Å². The first kappa shape index (κ1) is 20.5. The van der Waals surface area contributed by atoms with Gasteiger partial charge in [-0.3, -0.25) is 14.3 Å². The Labute approximate surface area is 188 Å². The molecule has 1 fully saturated rings. The van der Waals surface area contributed by atoms with Crippen molar-refractivity contribution in [3.05, 3.63) is 89.2 Å². The van der Waals surface area contributed by atoms with Gasteiger partial charge in [-0.15, -0.1) is 0 Å². The molecule has 2 aromatic carbocycles. The van der Waals surface area contributed by atoms with E-state index in [0.717, 1.165) is 42.5 Å². The third-order valence-corrected chi connectivity index (χ3v) is 6.81. The van der Waals surface area contributed by atoms with Crippen LogP contribution in [0.2, 0.25) is 0 Å². The van der Waals surface area contributed by atoms with Gasteiger partial charge in [-0.25, -0.2) is 0 Å². The molecule has 0 atom stereocenters. The Balaban J connectivity index is 1.30. The van der Waals surface area contributed by atoms with Crippen molar-refractivity contribution >= 4 is 11.8 Å². The second kappa shape index (κ2) is 8.61. The number of aromatic nitrogens is 2. The summed E-state index contributed by atoms with van der Waals surface area (Å²) in [4.78, 5) is 28.3. The molecule has 0 radical (unpaired) electrons. The molecule has 5 rings (SSSR count). The summed E-state index contributed by atoms with van der Waals surface area (Å²) in [5, 5.41) is 7.43. The molecule has 0 bridgehead atoms. The molecule has 6 heteroatoms. The van der Waals surface area contributed by atoms with Gasteiger partial charge in [-0.1, -0.05) is 73.5 Å². The van der Waals surface area contributed by atoms with Gasteiger partial charge in [0.25, 0.3) is 5.91 Å². The van der Waals surface area contributed by atoms with Crippen LogP contribution in [0.25, 0.3) is 0 Å². The predicted octanol–water partition coefficient (Wildman–Crippen LogP) is 3.67. The van der Waals surface area contributed by atoms with Crippen LogP contribution in [-0.4, -0.2) is 33.0 Å². The number of benzene rings is 2.